The number of anilines is 1. The largest absolute Gasteiger partial charge is 0.385 e. The van der Waals surface area contributed by atoms with Crippen LogP contribution < -0.4 is 5.32 Å². The molecule has 2 heteroatoms. The Hall–Kier alpha value is -0.690. The van der Waals surface area contributed by atoms with Gasteiger partial charge in [-0.3, -0.25) is 0 Å². The summed E-state index contributed by atoms with van der Waals surface area (Å²) in [6.45, 7) is 7.70. The molecule has 0 saturated carbocycles. The van der Waals surface area contributed by atoms with Gasteiger partial charge in [0.15, 0.2) is 0 Å². The van der Waals surface area contributed by atoms with Crippen molar-refractivity contribution < 1.29 is 0 Å². The number of aryl methyl sites for hydroxylation is 1. The molecule has 1 aliphatic rings. The second-order valence-electron chi connectivity index (χ2n) is 4.67. The van der Waals surface area contributed by atoms with Crippen molar-refractivity contribution >= 4 is 17.3 Å². The lowest BCUT2D eigenvalue weighted by Gasteiger charge is -2.35. The Morgan fingerprint density at radius 2 is 2.07 bits per heavy atom. The number of hydrogen-bond acceptors (Lipinski definition) is 1. The zero-order valence-electron chi connectivity index (χ0n) is 8.95. The van der Waals surface area contributed by atoms with E-state index in [-0.39, 0.29) is 5.41 Å². The Morgan fingerprint density at radius 3 is 2.71 bits per heavy atom. The summed E-state index contributed by atoms with van der Waals surface area (Å²) < 4.78 is 0. The minimum absolute atomic E-state index is 0.198. The Bertz CT molecular complexity index is 369. The molecule has 2 rings (SSSR count). The highest BCUT2D eigenvalue weighted by Crippen LogP contribution is 2.42. The third-order valence-electron chi connectivity index (χ3n) is 3.09. The van der Waals surface area contributed by atoms with E-state index in [2.05, 4.69) is 32.2 Å². The van der Waals surface area contributed by atoms with E-state index < -0.39 is 0 Å². The van der Waals surface area contributed by atoms with Crippen LogP contribution >= 0.6 is 11.6 Å². The maximum atomic E-state index is 6.26. The van der Waals surface area contributed by atoms with E-state index in [0.29, 0.717) is 0 Å². The second kappa shape index (κ2) is 3.16. The lowest BCUT2D eigenvalue weighted by Crippen LogP contribution is -2.29. The summed E-state index contributed by atoms with van der Waals surface area (Å²) in [5, 5.41) is 4.33. The third kappa shape index (κ3) is 1.40. The second-order valence-corrected chi connectivity index (χ2v) is 5.08. The fourth-order valence-electron chi connectivity index (χ4n) is 2.20. The van der Waals surface area contributed by atoms with Gasteiger partial charge in [0.2, 0.25) is 0 Å². The Balaban J connectivity index is 2.67. The molecule has 1 aliphatic heterocycles. The molecule has 0 radical (unpaired) electrons. The van der Waals surface area contributed by atoms with Crippen molar-refractivity contribution in [3.05, 3.63) is 28.3 Å². The number of rotatable bonds is 0. The van der Waals surface area contributed by atoms with Crippen LogP contribution in [-0.4, -0.2) is 6.54 Å². The van der Waals surface area contributed by atoms with E-state index in [1.165, 1.54) is 16.8 Å². The highest BCUT2D eigenvalue weighted by Gasteiger charge is 2.30. The molecule has 1 N–H and O–H groups in total. The number of halogens is 1. The lowest BCUT2D eigenvalue weighted by atomic mass is 9.77. The van der Waals surface area contributed by atoms with Gasteiger partial charge >= 0.3 is 0 Å². The molecule has 1 aromatic rings. The molecule has 0 saturated heterocycles. The van der Waals surface area contributed by atoms with Crippen molar-refractivity contribution in [2.45, 2.75) is 32.6 Å². The van der Waals surface area contributed by atoms with E-state index >= 15 is 0 Å². The van der Waals surface area contributed by atoms with Gasteiger partial charge in [-0.1, -0.05) is 31.5 Å². The van der Waals surface area contributed by atoms with Crippen LogP contribution in [0.3, 0.4) is 0 Å². The predicted octanol–water partition coefficient (Wildman–Crippen LogP) is 3.74. The molecule has 76 valence electrons. The van der Waals surface area contributed by atoms with Gasteiger partial charge in [-0.25, -0.2) is 0 Å². The normalized spacial score (nSPS) is 18.6. The molecule has 0 bridgehead atoms. The van der Waals surface area contributed by atoms with Crippen LogP contribution in [0.2, 0.25) is 5.02 Å². The van der Waals surface area contributed by atoms with Crippen LogP contribution in [0.25, 0.3) is 0 Å². The van der Waals surface area contributed by atoms with E-state index in [1.54, 1.807) is 0 Å². The zero-order valence-corrected chi connectivity index (χ0v) is 9.70. The summed E-state index contributed by atoms with van der Waals surface area (Å²) in [6, 6.07) is 4.08. The molecule has 0 aliphatic carbocycles. The first kappa shape index (κ1) is 9.85. The summed E-state index contributed by atoms with van der Waals surface area (Å²) in [7, 11) is 0. The fourth-order valence-corrected chi connectivity index (χ4v) is 2.61. The molecule has 1 nitrogen and oxygen atoms in total. The fraction of sp³-hybridized carbons (Fsp3) is 0.500. The van der Waals surface area contributed by atoms with Crippen LogP contribution in [0, 0.1) is 6.92 Å². The van der Waals surface area contributed by atoms with Gasteiger partial charge < -0.3 is 5.32 Å². The monoisotopic (exact) mass is 209 g/mol. The standard InChI is InChI=1S/C12H16ClN/c1-8-4-5-9(13)10-11(8)14-7-6-12(10,2)3/h4-5,14H,6-7H2,1-3H3. The quantitative estimate of drug-likeness (QED) is 0.687. The molecular weight excluding hydrogens is 194 g/mol. The molecule has 0 fully saturated rings. The van der Waals surface area contributed by atoms with Gasteiger partial charge in [-0.15, -0.1) is 0 Å². The lowest BCUT2D eigenvalue weighted by molar-refractivity contribution is 0.481. The van der Waals surface area contributed by atoms with Gasteiger partial charge in [-0.2, -0.15) is 0 Å². The SMILES string of the molecule is Cc1ccc(Cl)c2c1NCCC2(C)C. The van der Waals surface area contributed by atoms with Crippen molar-refractivity contribution in [3.63, 3.8) is 0 Å². The maximum Gasteiger partial charge on any atom is 0.0464 e. The van der Waals surface area contributed by atoms with Crippen molar-refractivity contribution in [1.82, 2.24) is 0 Å². The van der Waals surface area contributed by atoms with Crippen molar-refractivity contribution in [3.8, 4) is 0 Å². The summed E-state index contributed by atoms with van der Waals surface area (Å²) in [5.74, 6) is 0. The average Bonchev–Trinajstić information content (AvgIpc) is 2.10. The third-order valence-corrected chi connectivity index (χ3v) is 3.41. The van der Waals surface area contributed by atoms with Crippen LogP contribution in [0.5, 0.6) is 0 Å². The van der Waals surface area contributed by atoms with Crippen molar-refractivity contribution in [2.24, 2.45) is 0 Å². The molecule has 0 spiro atoms. The average molecular weight is 210 g/mol. The molecule has 1 aromatic carbocycles. The van der Waals surface area contributed by atoms with E-state index in [9.17, 15) is 0 Å². The molecule has 0 amide bonds. The predicted molar refractivity (Wildman–Crippen MR) is 62.3 cm³/mol. The molecular formula is C12H16ClN. The van der Waals surface area contributed by atoms with Gasteiger partial charge in [0, 0.05) is 17.3 Å². The first-order valence-corrected chi connectivity index (χ1v) is 5.43. The highest BCUT2D eigenvalue weighted by atomic mass is 35.5. The van der Waals surface area contributed by atoms with Crippen LogP contribution in [0.4, 0.5) is 5.69 Å². The minimum Gasteiger partial charge on any atom is -0.385 e. The topological polar surface area (TPSA) is 12.0 Å². The number of nitrogens with one attached hydrogen (secondary N) is 1. The summed E-state index contributed by atoms with van der Waals surface area (Å²) in [4.78, 5) is 0. The smallest absolute Gasteiger partial charge is 0.0464 e. The van der Waals surface area contributed by atoms with Crippen molar-refractivity contribution in [2.75, 3.05) is 11.9 Å². The van der Waals surface area contributed by atoms with E-state index in [4.69, 9.17) is 11.6 Å². The summed E-state index contributed by atoms with van der Waals surface area (Å²) in [6.07, 6.45) is 1.14. The van der Waals surface area contributed by atoms with Crippen LogP contribution in [0.15, 0.2) is 12.1 Å². The molecule has 1 heterocycles. The maximum absolute atomic E-state index is 6.26. The van der Waals surface area contributed by atoms with Gasteiger partial charge in [0.25, 0.3) is 0 Å². The molecule has 14 heavy (non-hydrogen) atoms. The first-order chi connectivity index (χ1) is 6.52. The number of fused-ring (bicyclic) bond motifs is 1. The molecule has 0 atom stereocenters. The Kier molecular flexibility index (Phi) is 2.23. The first-order valence-electron chi connectivity index (χ1n) is 5.06. The minimum atomic E-state index is 0.198. The highest BCUT2D eigenvalue weighted by molar-refractivity contribution is 6.32. The van der Waals surface area contributed by atoms with Crippen LogP contribution in [0.1, 0.15) is 31.4 Å². The van der Waals surface area contributed by atoms with E-state index in [0.717, 1.165) is 18.0 Å². The number of benzene rings is 1. The van der Waals surface area contributed by atoms with Gasteiger partial charge in [-0.05, 0) is 36.0 Å². The van der Waals surface area contributed by atoms with Crippen LogP contribution in [-0.2, 0) is 5.41 Å². The Labute approximate surface area is 90.5 Å². The van der Waals surface area contributed by atoms with Crippen molar-refractivity contribution in [1.29, 1.82) is 0 Å². The summed E-state index contributed by atoms with van der Waals surface area (Å²) >= 11 is 6.26. The molecule has 0 unspecified atom stereocenters. The molecule has 0 aromatic heterocycles. The van der Waals surface area contributed by atoms with E-state index in [1.807, 2.05) is 6.07 Å². The van der Waals surface area contributed by atoms with Gasteiger partial charge in [0.05, 0.1) is 0 Å². The number of hydrogen-bond donors (Lipinski definition) is 1. The summed E-state index contributed by atoms with van der Waals surface area (Å²) in [5.41, 5.74) is 4.01. The zero-order chi connectivity index (χ0) is 10.3. The Morgan fingerprint density at radius 1 is 1.36 bits per heavy atom. The van der Waals surface area contributed by atoms with Gasteiger partial charge in [0.1, 0.15) is 0 Å².